The Morgan fingerprint density at radius 2 is 1.86 bits per heavy atom. The molecule has 1 amide bonds. The Labute approximate surface area is 88.7 Å². The fraction of sp³-hybridized carbons (Fsp3) is 0.917. The molecule has 0 aliphatic rings. The Bertz CT molecular complexity index is 154. The average Bonchev–Trinajstić information content (AvgIpc) is 2.16. The lowest BCUT2D eigenvalue weighted by atomic mass is 9.95. The Morgan fingerprint density at radius 3 is 2.29 bits per heavy atom. The van der Waals surface area contributed by atoms with E-state index in [2.05, 4.69) is 13.8 Å². The number of carbonyl (C=O) groups is 1. The number of hydrogen-bond donors (Lipinski definition) is 0. The molecule has 0 saturated heterocycles. The van der Waals surface area contributed by atoms with Crippen LogP contribution in [0, 0.1) is 5.92 Å². The lowest BCUT2D eigenvalue weighted by Gasteiger charge is -2.17. The van der Waals surface area contributed by atoms with Crippen LogP contribution in [0.4, 0.5) is 0 Å². The number of rotatable bonds is 7. The zero-order valence-corrected chi connectivity index (χ0v) is 10.2. The van der Waals surface area contributed by atoms with Crippen LogP contribution in [0.1, 0.15) is 52.4 Å². The molecule has 0 aromatic carbocycles. The second-order valence-electron chi connectivity index (χ2n) is 4.26. The van der Waals surface area contributed by atoms with Gasteiger partial charge in [0.05, 0.1) is 0 Å². The van der Waals surface area contributed by atoms with Gasteiger partial charge in [0, 0.05) is 20.5 Å². The van der Waals surface area contributed by atoms with Gasteiger partial charge in [-0.05, 0) is 12.3 Å². The summed E-state index contributed by atoms with van der Waals surface area (Å²) in [6, 6.07) is 0. The van der Waals surface area contributed by atoms with Crippen LogP contribution in [0.15, 0.2) is 0 Å². The van der Waals surface area contributed by atoms with E-state index in [0.29, 0.717) is 5.92 Å². The number of nitrogens with zero attached hydrogens (tertiary/aromatic N) is 1. The average molecular weight is 199 g/mol. The van der Waals surface area contributed by atoms with E-state index >= 15 is 0 Å². The predicted octanol–water partition coefficient (Wildman–Crippen LogP) is 3.07. The standard InChI is InChI=1S/C12H25NO/c1-5-7-8-9-11(6-2)10-12(14)13(3)4/h11H,5-10H2,1-4H3. The first-order chi connectivity index (χ1) is 6.61. The Hall–Kier alpha value is -0.530. The highest BCUT2D eigenvalue weighted by Crippen LogP contribution is 2.17. The third-order valence-corrected chi connectivity index (χ3v) is 2.76. The first kappa shape index (κ1) is 13.5. The molecule has 0 fully saturated rings. The van der Waals surface area contributed by atoms with Gasteiger partial charge < -0.3 is 4.90 Å². The Balaban J connectivity index is 3.73. The third kappa shape index (κ3) is 6.01. The maximum atomic E-state index is 11.5. The molecule has 1 unspecified atom stereocenters. The molecular formula is C12H25NO. The van der Waals surface area contributed by atoms with Crippen LogP contribution >= 0.6 is 0 Å². The minimum absolute atomic E-state index is 0.272. The monoisotopic (exact) mass is 199 g/mol. The van der Waals surface area contributed by atoms with Gasteiger partial charge in [0.1, 0.15) is 0 Å². The van der Waals surface area contributed by atoms with E-state index in [1.165, 1.54) is 25.7 Å². The van der Waals surface area contributed by atoms with Crippen LogP contribution in [0.3, 0.4) is 0 Å². The van der Waals surface area contributed by atoms with Gasteiger partial charge >= 0.3 is 0 Å². The van der Waals surface area contributed by atoms with E-state index in [9.17, 15) is 4.79 Å². The molecule has 0 aliphatic carbocycles. The van der Waals surface area contributed by atoms with Crippen molar-refractivity contribution in [3.8, 4) is 0 Å². The quantitative estimate of drug-likeness (QED) is 0.577. The smallest absolute Gasteiger partial charge is 0.222 e. The molecular weight excluding hydrogens is 174 g/mol. The minimum Gasteiger partial charge on any atom is -0.349 e. The van der Waals surface area contributed by atoms with Gasteiger partial charge in [-0.15, -0.1) is 0 Å². The lowest BCUT2D eigenvalue weighted by molar-refractivity contribution is -0.129. The maximum Gasteiger partial charge on any atom is 0.222 e. The number of hydrogen-bond acceptors (Lipinski definition) is 1. The molecule has 1 atom stereocenters. The van der Waals surface area contributed by atoms with Crippen molar-refractivity contribution >= 4 is 5.91 Å². The summed E-state index contributed by atoms with van der Waals surface area (Å²) in [6.45, 7) is 4.39. The molecule has 0 aliphatic heterocycles. The molecule has 2 nitrogen and oxygen atoms in total. The van der Waals surface area contributed by atoms with Crippen LogP contribution in [0.5, 0.6) is 0 Å². The van der Waals surface area contributed by atoms with E-state index in [4.69, 9.17) is 0 Å². The van der Waals surface area contributed by atoms with E-state index in [-0.39, 0.29) is 5.91 Å². The summed E-state index contributed by atoms with van der Waals surface area (Å²) < 4.78 is 0. The summed E-state index contributed by atoms with van der Waals surface area (Å²) in [5, 5.41) is 0. The van der Waals surface area contributed by atoms with Gasteiger partial charge in [0.25, 0.3) is 0 Å². The minimum atomic E-state index is 0.272. The second-order valence-corrected chi connectivity index (χ2v) is 4.26. The van der Waals surface area contributed by atoms with Crippen LogP contribution in [0.25, 0.3) is 0 Å². The third-order valence-electron chi connectivity index (χ3n) is 2.76. The molecule has 0 bridgehead atoms. The Morgan fingerprint density at radius 1 is 1.21 bits per heavy atom. The molecule has 0 saturated carbocycles. The summed E-state index contributed by atoms with van der Waals surface area (Å²) >= 11 is 0. The van der Waals surface area contributed by atoms with Crippen LogP contribution in [-0.4, -0.2) is 24.9 Å². The molecule has 0 radical (unpaired) electrons. The summed E-state index contributed by atoms with van der Waals surface area (Å²) in [5.41, 5.74) is 0. The van der Waals surface area contributed by atoms with Gasteiger partial charge in [-0.25, -0.2) is 0 Å². The summed E-state index contributed by atoms with van der Waals surface area (Å²) in [6.07, 6.45) is 6.90. The molecule has 0 rings (SSSR count). The largest absolute Gasteiger partial charge is 0.349 e. The van der Waals surface area contributed by atoms with E-state index in [0.717, 1.165) is 12.8 Å². The predicted molar refractivity (Wildman–Crippen MR) is 61.2 cm³/mol. The number of carbonyl (C=O) groups excluding carboxylic acids is 1. The zero-order chi connectivity index (χ0) is 11.0. The van der Waals surface area contributed by atoms with Crippen molar-refractivity contribution in [2.45, 2.75) is 52.4 Å². The normalized spacial score (nSPS) is 12.6. The molecule has 0 N–H and O–H groups in total. The molecule has 0 heterocycles. The topological polar surface area (TPSA) is 20.3 Å². The summed E-state index contributed by atoms with van der Waals surface area (Å²) in [4.78, 5) is 13.2. The highest BCUT2D eigenvalue weighted by atomic mass is 16.2. The van der Waals surface area contributed by atoms with E-state index in [1.54, 1.807) is 4.90 Å². The van der Waals surface area contributed by atoms with Crippen molar-refractivity contribution in [1.82, 2.24) is 4.90 Å². The molecule has 14 heavy (non-hydrogen) atoms. The van der Waals surface area contributed by atoms with Crippen LogP contribution in [0.2, 0.25) is 0 Å². The fourth-order valence-electron chi connectivity index (χ4n) is 1.56. The van der Waals surface area contributed by atoms with E-state index in [1.807, 2.05) is 14.1 Å². The zero-order valence-electron chi connectivity index (χ0n) is 10.2. The molecule has 2 heteroatoms. The van der Waals surface area contributed by atoms with Crippen LogP contribution in [-0.2, 0) is 4.79 Å². The van der Waals surface area contributed by atoms with Crippen molar-refractivity contribution in [2.75, 3.05) is 14.1 Å². The second kappa shape index (κ2) is 7.84. The van der Waals surface area contributed by atoms with Gasteiger partial charge in [0.2, 0.25) is 5.91 Å². The Kier molecular flexibility index (Phi) is 7.54. The molecule has 0 spiro atoms. The first-order valence-corrected chi connectivity index (χ1v) is 5.81. The molecule has 0 aromatic rings. The highest BCUT2D eigenvalue weighted by Gasteiger charge is 2.12. The van der Waals surface area contributed by atoms with Crippen molar-refractivity contribution in [2.24, 2.45) is 5.92 Å². The highest BCUT2D eigenvalue weighted by molar-refractivity contribution is 5.75. The van der Waals surface area contributed by atoms with Crippen molar-refractivity contribution in [3.05, 3.63) is 0 Å². The summed E-state index contributed by atoms with van der Waals surface area (Å²) in [5.74, 6) is 0.866. The van der Waals surface area contributed by atoms with Gasteiger partial charge in [0.15, 0.2) is 0 Å². The SMILES string of the molecule is CCCCCC(CC)CC(=O)N(C)C. The number of amides is 1. The lowest BCUT2D eigenvalue weighted by Crippen LogP contribution is -2.24. The fourth-order valence-corrected chi connectivity index (χ4v) is 1.56. The van der Waals surface area contributed by atoms with Gasteiger partial charge in [-0.3, -0.25) is 4.79 Å². The molecule has 0 aromatic heterocycles. The summed E-state index contributed by atoms with van der Waals surface area (Å²) in [7, 11) is 3.67. The van der Waals surface area contributed by atoms with Gasteiger partial charge in [-0.2, -0.15) is 0 Å². The van der Waals surface area contributed by atoms with Crippen molar-refractivity contribution < 1.29 is 4.79 Å². The maximum absolute atomic E-state index is 11.5. The first-order valence-electron chi connectivity index (χ1n) is 5.81. The van der Waals surface area contributed by atoms with Gasteiger partial charge in [-0.1, -0.05) is 39.5 Å². The molecule has 84 valence electrons. The van der Waals surface area contributed by atoms with Crippen molar-refractivity contribution in [1.29, 1.82) is 0 Å². The number of unbranched alkanes of at least 4 members (excludes halogenated alkanes) is 2. The van der Waals surface area contributed by atoms with E-state index < -0.39 is 0 Å². The van der Waals surface area contributed by atoms with Crippen molar-refractivity contribution in [3.63, 3.8) is 0 Å². The van der Waals surface area contributed by atoms with Crippen LogP contribution < -0.4 is 0 Å².